The molecule has 1 heteroatoms. The van der Waals surface area contributed by atoms with E-state index in [0.29, 0.717) is 5.04 Å². The SMILES string of the molecule is C#C[Si](CC)(CC)C(C)(C)C. The summed E-state index contributed by atoms with van der Waals surface area (Å²) in [4.78, 5) is 0. The molecule has 0 atom stereocenters. The topological polar surface area (TPSA) is 0 Å². The Labute approximate surface area is 72.4 Å². The largest absolute Gasteiger partial charge is 0.142 e. The van der Waals surface area contributed by atoms with Crippen molar-refractivity contribution in [1.82, 2.24) is 0 Å². The van der Waals surface area contributed by atoms with E-state index in [1.54, 1.807) is 0 Å². The van der Waals surface area contributed by atoms with Gasteiger partial charge in [-0.1, -0.05) is 34.6 Å². The van der Waals surface area contributed by atoms with Crippen LogP contribution in [0.3, 0.4) is 0 Å². The Morgan fingerprint density at radius 3 is 1.55 bits per heavy atom. The van der Waals surface area contributed by atoms with Crippen molar-refractivity contribution in [1.29, 1.82) is 0 Å². The maximum Gasteiger partial charge on any atom is 0.142 e. The van der Waals surface area contributed by atoms with Crippen LogP contribution in [0.2, 0.25) is 17.1 Å². The van der Waals surface area contributed by atoms with Crippen molar-refractivity contribution in [2.24, 2.45) is 0 Å². The summed E-state index contributed by atoms with van der Waals surface area (Å²) in [5.74, 6) is 0. The highest BCUT2D eigenvalue weighted by Gasteiger charge is 2.39. The van der Waals surface area contributed by atoms with Crippen LogP contribution in [0, 0.1) is 12.0 Å². The highest BCUT2D eigenvalue weighted by molar-refractivity contribution is 6.89. The maximum absolute atomic E-state index is 5.63. The van der Waals surface area contributed by atoms with E-state index in [1.807, 2.05) is 0 Å². The van der Waals surface area contributed by atoms with E-state index in [0.717, 1.165) is 0 Å². The van der Waals surface area contributed by atoms with Crippen molar-refractivity contribution >= 4 is 8.07 Å². The van der Waals surface area contributed by atoms with E-state index in [4.69, 9.17) is 6.42 Å². The third-order valence-electron chi connectivity index (χ3n) is 2.92. The highest BCUT2D eigenvalue weighted by atomic mass is 28.3. The molecule has 64 valence electrons. The summed E-state index contributed by atoms with van der Waals surface area (Å²) in [7, 11) is -1.39. The molecule has 0 aromatic carbocycles. The average molecular weight is 168 g/mol. The van der Waals surface area contributed by atoms with Gasteiger partial charge in [0.25, 0.3) is 0 Å². The van der Waals surface area contributed by atoms with Crippen LogP contribution in [-0.2, 0) is 0 Å². The average Bonchev–Trinajstić information content (AvgIpc) is 1.90. The van der Waals surface area contributed by atoms with Gasteiger partial charge >= 0.3 is 0 Å². The molecule has 0 nitrogen and oxygen atoms in total. The molecule has 0 aliphatic heterocycles. The second-order valence-corrected chi connectivity index (χ2v) is 9.55. The molecule has 0 radical (unpaired) electrons. The fourth-order valence-corrected chi connectivity index (χ4v) is 5.19. The molecule has 0 aromatic rings. The van der Waals surface area contributed by atoms with Gasteiger partial charge in [-0.2, -0.15) is 0 Å². The zero-order valence-corrected chi connectivity index (χ0v) is 9.49. The van der Waals surface area contributed by atoms with E-state index in [-0.39, 0.29) is 0 Å². The van der Waals surface area contributed by atoms with Crippen LogP contribution in [0.25, 0.3) is 0 Å². The first-order valence-corrected chi connectivity index (χ1v) is 6.82. The Hall–Kier alpha value is -0.223. The molecule has 0 saturated carbocycles. The molecule has 11 heavy (non-hydrogen) atoms. The van der Waals surface area contributed by atoms with Crippen molar-refractivity contribution in [2.75, 3.05) is 0 Å². The molecule has 0 spiro atoms. The minimum atomic E-state index is -1.39. The van der Waals surface area contributed by atoms with Gasteiger partial charge in [0.05, 0.1) is 0 Å². The highest BCUT2D eigenvalue weighted by Crippen LogP contribution is 2.40. The standard InChI is InChI=1S/C10H20Si/c1-7-11(8-2,9-3)10(4,5)6/h1H,8-9H2,2-6H3. The fourth-order valence-electron chi connectivity index (χ4n) is 1.73. The van der Waals surface area contributed by atoms with Crippen LogP contribution in [0.4, 0.5) is 0 Å². The second-order valence-electron chi connectivity index (χ2n) is 4.18. The molecule has 0 unspecified atom stereocenters. The van der Waals surface area contributed by atoms with Gasteiger partial charge in [0, 0.05) is 0 Å². The number of terminal acetylenes is 1. The second kappa shape index (κ2) is 3.45. The van der Waals surface area contributed by atoms with E-state index >= 15 is 0 Å². The molecule has 0 rings (SSSR count). The number of hydrogen-bond donors (Lipinski definition) is 0. The number of hydrogen-bond acceptors (Lipinski definition) is 0. The summed E-state index contributed by atoms with van der Waals surface area (Å²) in [5, 5.41) is 0.366. The zero-order valence-electron chi connectivity index (χ0n) is 8.49. The van der Waals surface area contributed by atoms with Crippen LogP contribution < -0.4 is 0 Å². The monoisotopic (exact) mass is 168 g/mol. The summed E-state index contributed by atoms with van der Waals surface area (Å²) in [6.45, 7) is 11.3. The molecule has 0 amide bonds. The summed E-state index contributed by atoms with van der Waals surface area (Å²) in [6, 6.07) is 2.42. The lowest BCUT2D eigenvalue weighted by Gasteiger charge is -2.37. The lowest BCUT2D eigenvalue weighted by atomic mass is 10.2. The first-order valence-electron chi connectivity index (χ1n) is 4.41. The first-order chi connectivity index (χ1) is 4.93. The van der Waals surface area contributed by atoms with Crippen molar-refractivity contribution in [3.8, 4) is 12.0 Å². The minimum Gasteiger partial charge on any atom is -0.134 e. The molecule has 0 aromatic heterocycles. The Balaban J connectivity index is 4.73. The summed E-state index contributed by atoms with van der Waals surface area (Å²) in [6.07, 6.45) is 5.63. The molecule has 0 heterocycles. The predicted molar refractivity (Wildman–Crippen MR) is 55.3 cm³/mol. The van der Waals surface area contributed by atoms with Crippen molar-refractivity contribution in [2.45, 2.75) is 51.7 Å². The van der Waals surface area contributed by atoms with Crippen LogP contribution in [-0.4, -0.2) is 8.07 Å². The summed E-state index contributed by atoms with van der Waals surface area (Å²) >= 11 is 0. The molecule has 0 bridgehead atoms. The molecular formula is C10H20Si. The summed E-state index contributed by atoms with van der Waals surface area (Å²) in [5.41, 5.74) is 3.09. The normalized spacial score (nSPS) is 12.7. The third-order valence-corrected chi connectivity index (χ3v) is 8.76. The van der Waals surface area contributed by atoms with Crippen LogP contribution in [0.15, 0.2) is 0 Å². The fraction of sp³-hybridized carbons (Fsp3) is 0.800. The van der Waals surface area contributed by atoms with Gasteiger partial charge in [0.2, 0.25) is 0 Å². The van der Waals surface area contributed by atoms with Crippen molar-refractivity contribution in [3.05, 3.63) is 0 Å². The molecule has 0 N–H and O–H groups in total. The Kier molecular flexibility index (Phi) is 3.38. The van der Waals surface area contributed by atoms with E-state index < -0.39 is 8.07 Å². The minimum absolute atomic E-state index is 0.366. The van der Waals surface area contributed by atoms with Crippen molar-refractivity contribution in [3.63, 3.8) is 0 Å². The van der Waals surface area contributed by atoms with Gasteiger partial charge in [-0.3, -0.25) is 0 Å². The van der Waals surface area contributed by atoms with E-state index in [1.165, 1.54) is 12.1 Å². The van der Waals surface area contributed by atoms with E-state index in [2.05, 4.69) is 40.2 Å². The van der Waals surface area contributed by atoms with Gasteiger partial charge in [-0.15, -0.1) is 12.0 Å². The molecular weight excluding hydrogens is 148 g/mol. The lowest BCUT2D eigenvalue weighted by molar-refractivity contribution is 0.715. The van der Waals surface area contributed by atoms with Crippen LogP contribution in [0.5, 0.6) is 0 Å². The zero-order chi connectivity index (χ0) is 9.12. The van der Waals surface area contributed by atoms with Crippen molar-refractivity contribution < 1.29 is 0 Å². The molecule has 0 aliphatic rings. The van der Waals surface area contributed by atoms with Gasteiger partial charge in [0.1, 0.15) is 8.07 Å². The Bertz CT molecular complexity index is 153. The first kappa shape index (κ1) is 10.8. The smallest absolute Gasteiger partial charge is 0.134 e. The quantitative estimate of drug-likeness (QED) is 0.437. The molecule has 0 saturated heterocycles. The maximum atomic E-state index is 5.63. The summed E-state index contributed by atoms with van der Waals surface area (Å²) < 4.78 is 0. The van der Waals surface area contributed by atoms with Crippen LogP contribution in [0.1, 0.15) is 34.6 Å². The van der Waals surface area contributed by atoms with Gasteiger partial charge in [0.15, 0.2) is 0 Å². The van der Waals surface area contributed by atoms with E-state index in [9.17, 15) is 0 Å². The van der Waals surface area contributed by atoms with Gasteiger partial charge in [-0.25, -0.2) is 0 Å². The lowest BCUT2D eigenvalue weighted by Crippen LogP contribution is -2.41. The van der Waals surface area contributed by atoms with Gasteiger partial charge in [-0.05, 0) is 17.1 Å². The molecule has 0 aliphatic carbocycles. The van der Waals surface area contributed by atoms with Crippen LogP contribution >= 0.6 is 0 Å². The third kappa shape index (κ3) is 1.87. The van der Waals surface area contributed by atoms with Gasteiger partial charge < -0.3 is 0 Å². The molecule has 0 fully saturated rings. The predicted octanol–water partition coefficient (Wildman–Crippen LogP) is 3.45. The number of rotatable bonds is 2. The Morgan fingerprint density at radius 1 is 1.18 bits per heavy atom. The Morgan fingerprint density at radius 2 is 1.55 bits per heavy atom.